The first kappa shape index (κ1) is 14.0. The number of benzene rings is 1. The van der Waals surface area contributed by atoms with Crippen molar-refractivity contribution < 1.29 is 19.1 Å². The maximum Gasteiger partial charge on any atom is 0.337 e. The third-order valence-electron chi connectivity index (χ3n) is 4.75. The predicted molar refractivity (Wildman–Crippen MR) is 74.3 cm³/mol. The lowest BCUT2D eigenvalue weighted by Crippen LogP contribution is -2.42. The van der Waals surface area contributed by atoms with Crippen molar-refractivity contribution in [3.05, 3.63) is 29.6 Å². The van der Waals surface area contributed by atoms with Crippen LogP contribution in [0.4, 0.5) is 10.1 Å². The molecule has 0 heterocycles. The summed E-state index contributed by atoms with van der Waals surface area (Å²) < 4.78 is 13.1. The third-order valence-corrected chi connectivity index (χ3v) is 4.75. The van der Waals surface area contributed by atoms with Crippen LogP contribution >= 0.6 is 0 Å². The normalized spacial score (nSPS) is 30.4. The number of hydrogen-bond acceptors (Lipinski definition) is 3. The van der Waals surface area contributed by atoms with Gasteiger partial charge in [-0.1, -0.05) is 0 Å². The van der Waals surface area contributed by atoms with Crippen molar-refractivity contribution >= 4 is 17.6 Å². The number of anilines is 1. The molecular weight excluding hydrogens is 275 g/mol. The van der Waals surface area contributed by atoms with Crippen LogP contribution in [0.3, 0.4) is 0 Å². The smallest absolute Gasteiger partial charge is 0.337 e. The molecule has 0 spiro atoms. The molecule has 112 valence electrons. The van der Waals surface area contributed by atoms with Gasteiger partial charge in [-0.25, -0.2) is 9.18 Å². The van der Waals surface area contributed by atoms with Crippen molar-refractivity contribution in [2.24, 2.45) is 23.5 Å². The summed E-state index contributed by atoms with van der Waals surface area (Å²) in [5.74, 6) is -1.81. The zero-order valence-electron chi connectivity index (χ0n) is 11.4. The molecule has 0 radical (unpaired) electrons. The molecule has 2 fully saturated rings. The summed E-state index contributed by atoms with van der Waals surface area (Å²) in [7, 11) is 0. The quantitative estimate of drug-likeness (QED) is 0.792. The van der Waals surface area contributed by atoms with Gasteiger partial charge in [-0.15, -0.1) is 0 Å². The fourth-order valence-corrected chi connectivity index (χ4v) is 3.74. The van der Waals surface area contributed by atoms with Crippen molar-refractivity contribution in [1.82, 2.24) is 0 Å². The van der Waals surface area contributed by atoms with E-state index >= 15 is 0 Å². The summed E-state index contributed by atoms with van der Waals surface area (Å²) >= 11 is 0. The van der Waals surface area contributed by atoms with Gasteiger partial charge in [0, 0.05) is 6.04 Å². The number of carboxylic acids is 1. The number of hydrogen-bond donors (Lipinski definition) is 3. The van der Waals surface area contributed by atoms with Gasteiger partial charge >= 0.3 is 5.97 Å². The maximum atomic E-state index is 13.1. The van der Waals surface area contributed by atoms with Crippen LogP contribution in [0.5, 0.6) is 0 Å². The highest BCUT2D eigenvalue weighted by molar-refractivity contribution is 6.01. The number of fused-ring (bicyclic) bond motifs is 2. The van der Waals surface area contributed by atoms with Gasteiger partial charge in [0.1, 0.15) is 5.82 Å². The molecular formula is C15H17FN2O3. The number of rotatable bonds is 3. The van der Waals surface area contributed by atoms with Gasteiger partial charge in [0.05, 0.1) is 17.2 Å². The number of aromatic carboxylic acids is 1. The van der Waals surface area contributed by atoms with Gasteiger partial charge in [0.15, 0.2) is 0 Å². The van der Waals surface area contributed by atoms with Gasteiger partial charge < -0.3 is 16.2 Å². The minimum absolute atomic E-state index is 0.115. The van der Waals surface area contributed by atoms with E-state index in [1.807, 2.05) is 0 Å². The Bertz CT molecular complexity index is 603. The third kappa shape index (κ3) is 2.40. The molecule has 4 N–H and O–H groups in total. The number of nitrogens with one attached hydrogen (secondary N) is 1. The zero-order valence-corrected chi connectivity index (χ0v) is 11.4. The molecule has 2 aliphatic carbocycles. The Balaban J connectivity index is 1.81. The Labute approximate surface area is 121 Å². The lowest BCUT2D eigenvalue weighted by Gasteiger charge is -2.27. The van der Waals surface area contributed by atoms with E-state index in [0.29, 0.717) is 5.92 Å². The zero-order chi connectivity index (χ0) is 15.1. The molecule has 2 saturated carbocycles. The average Bonchev–Trinajstić information content (AvgIpc) is 3.01. The van der Waals surface area contributed by atoms with Crippen LogP contribution < -0.4 is 11.1 Å². The van der Waals surface area contributed by atoms with Crippen LogP contribution in [-0.4, -0.2) is 23.0 Å². The lowest BCUT2D eigenvalue weighted by molar-refractivity contribution is -0.121. The first-order valence-electron chi connectivity index (χ1n) is 7.06. The monoisotopic (exact) mass is 292 g/mol. The summed E-state index contributed by atoms with van der Waals surface area (Å²) in [5, 5.41) is 11.7. The number of amides is 1. The molecule has 4 atom stereocenters. The number of nitrogens with two attached hydrogens (primary N) is 1. The fraction of sp³-hybridized carbons (Fsp3) is 0.467. The van der Waals surface area contributed by atoms with Crippen molar-refractivity contribution in [2.75, 3.05) is 5.32 Å². The number of carbonyl (C=O) groups is 2. The van der Waals surface area contributed by atoms with Gasteiger partial charge in [-0.3, -0.25) is 4.79 Å². The van der Waals surface area contributed by atoms with E-state index in [4.69, 9.17) is 10.8 Å². The van der Waals surface area contributed by atoms with E-state index in [9.17, 15) is 14.0 Å². The molecule has 5 nitrogen and oxygen atoms in total. The molecule has 1 amide bonds. The van der Waals surface area contributed by atoms with Crippen molar-refractivity contribution in [3.8, 4) is 0 Å². The van der Waals surface area contributed by atoms with E-state index in [1.54, 1.807) is 0 Å². The highest BCUT2D eigenvalue weighted by atomic mass is 19.1. The highest BCUT2D eigenvalue weighted by Crippen LogP contribution is 2.47. The summed E-state index contributed by atoms with van der Waals surface area (Å²) in [6.45, 7) is 0. The number of carboxylic acid groups (broad SMARTS) is 1. The molecule has 4 unspecified atom stereocenters. The standard InChI is InChI=1S/C15H17FN2O3/c16-9-3-4-11(10(6-9)15(20)21)18-14(19)12-7-1-2-8(5-7)13(12)17/h3-4,6-8,12-13H,1-2,5,17H2,(H,18,19)(H,20,21). The first-order chi connectivity index (χ1) is 9.97. The largest absolute Gasteiger partial charge is 0.478 e. The van der Waals surface area contributed by atoms with Gasteiger partial charge in [0.25, 0.3) is 0 Å². The fourth-order valence-electron chi connectivity index (χ4n) is 3.74. The molecule has 1 aromatic carbocycles. The second kappa shape index (κ2) is 5.11. The van der Waals surface area contributed by atoms with Gasteiger partial charge in [-0.05, 0) is 49.3 Å². The summed E-state index contributed by atoms with van der Waals surface area (Å²) in [4.78, 5) is 23.5. The Morgan fingerprint density at radius 1 is 1.29 bits per heavy atom. The lowest BCUT2D eigenvalue weighted by atomic mass is 9.84. The van der Waals surface area contributed by atoms with Gasteiger partial charge in [0.2, 0.25) is 5.91 Å². The topological polar surface area (TPSA) is 92.4 Å². The summed E-state index contributed by atoms with van der Waals surface area (Å²) in [6, 6.07) is 3.13. The van der Waals surface area contributed by atoms with Crippen LogP contribution in [-0.2, 0) is 4.79 Å². The van der Waals surface area contributed by atoms with Crippen molar-refractivity contribution in [1.29, 1.82) is 0 Å². The molecule has 6 heteroatoms. The van der Waals surface area contributed by atoms with E-state index in [0.717, 1.165) is 31.4 Å². The number of halogens is 1. The molecule has 0 aromatic heterocycles. The first-order valence-corrected chi connectivity index (χ1v) is 7.06. The SMILES string of the molecule is NC1C2CCC(C2)C1C(=O)Nc1ccc(F)cc1C(=O)O. The molecule has 1 aromatic rings. The minimum Gasteiger partial charge on any atom is -0.478 e. The van der Waals surface area contributed by atoms with E-state index in [2.05, 4.69) is 5.32 Å². The van der Waals surface area contributed by atoms with E-state index in [-0.39, 0.29) is 35.0 Å². The Morgan fingerprint density at radius 3 is 2.62 bits per heavy atom. The second-order valence-corrected chi connectivity index (χ2v) is 5.92. The van der Waals surface area contributed by atoms with Gasteiger partial charge in [-0.2, -0.15) is 0 Å². The molecule has 3 rings (SSSR count). The number of carbonyl (C=O) groups excluding carboxylic acids is 1. The predicted octanol–water partition coefficient (Wildman–Crippen LogP) is 1.84. The maximum absolute atomic E-state index is 13.1. The second-order valence-electron chi connectivity index (χ2n) is 5.92. The molecule has 0 saturated heterocycles. The van der Waals surface area contributed by atoms with Crippen LogP contribution in [0.15, 0.2) is 18.2 Å². The van der Waals surface area contributed by atoms with Crippen LogP contribution in [0, 0.1) is 23.6 Å². The molecule has 2 aliphatic rings. The highest BCUT2D eigenvalue weighted by Gasteiger charge is 2.49. The molecule has 2 bridgehead atoms. The summed E-state index contributed by atoms with van der Waals surface area (Å²) in [5.41, 5.74) is 5.97. The van der Waals surface area contributed by atoms with Crippen LogP contribution in [0.25, 0.3) is 0 Å². The van der Waals surface area contributed by atoms with Crippen molar-refractivity contribution in [2.45, 2.75) is 25.3 Å². The van der Waals surface area contributed by atoms with E-state index < -0.39 is 11.8 Å². The van der Waals surface area contributed by atoms with Crippen LogP contribution in [0.1, 0.15) is 29.6 Å². The minimum atomic E-state index is -1.28. The van der Waals surface area contributed by atoms with Crippen molar-refractivity contribution in [3.63, 3.8) is 0 Å². The Morgan fingerprint density at radius 2 is 2.00 bits per heavy atom. The Hall–Kier alpha value is -1.95. The van der Waals surface area contributed by atoms with E-state index in [1.165, 1.54) is 6.07 Å². The molecule has 21 heavy (non-hydrogen) atoms. The summed E-state index contributed by atoms with van der Waals surface area (Å²) in [6.07, 6.45) is 3.02. The Kier molecular flexibility index (Phi) is 3.41. The average molecular weight is 292 g/mol. The van der Waals surface area contributed by atoms with Crippen LogP contribution in [0.2, 0.25) is 0 Å². The molecule has 0 aliphatic heterocycles.